The molecule has 0 radical (unpaired) electrons. The lowest BCUT2D eigenvalue weighted by Crippen LogP contribution is -2.44. The molecule has 0 atom stereocenters. The summed E-state index contributed by atoms with van der Waals surface area (Å²) in [6, 6.07) is 8.26. The van der Waals surface area contributed by atoms with Crippen molar-refractivity contribution < 1.29 is 14.0 Å². The maximum Gasteiger partial charge on any atom is 0.242 e. The minimum atomic E-state index is -0.296. The predicted octanol–water partition coefficient (Wildman–Crippen LogP) is 3.67. The number of carbonyl (C=O) groups excluding carboxylic acids is 2. The lowest BCUT2D eigenvalue weighted by molar-refractivity contribution is -0.140. The van der Waals surface area contributed by atoms with Gasteiger partial charge >= 0.3 is 0 Å². The molecule has 0 saturated carbocycles. The fourth-order valence-corrected chi connectivity index (χ4v) is 4.58. The summed E-state index contributed by atoms with van der Waals surface area (Å²) < 4.78 is 13.3. The fraction of sp³-hybridized carbons (Fsp3) is 0.478. The van der Waals surface area contributed by atoms with Gasteiger partial charge in [0, 0.05) is 31.4 Å². The molecule has 1 aromatic heterocycles. The fourth-order valence-electron chi connectivity index (χ4n) is 3.66. The molecular formula is C23H30FN3O2S. The molecule has 162 valence electrons. The summed E-state index contributed by atoms with van der Waals surface area (Å²) >= 11 is 1.62. The first kappa shape index (κ1) is 22.4. The molecule has 1 saturated heterocycles. The van der Waals surface area contributed by atoms with Crippen LogP contribution in [0.15, 0.2) is 35.7 Å². The van der Waals surface area contributed by atoms with Crippen LogP contribution in [0.1, 0.15) is 35.8 Å². The third kappa shape index (κ3) is 6.37. The molecule has 1 aliphatic rings. The second kappa shape index (κ2) is 10.7. The van der Waals surface area contributed by atoms with Crippen LogP contribution in [-0.4, -0.2) is 59.2 Å². The zero-order chi connectivity index (χ0) is 21.5. The quantitative estimate of drug-likeness (QED) is 0.609. The highest BCUT2D eigenvalue weighted by molar-refractivity contribution is 7.10. The average molecular weight is 432 g/mol. The molecule has 0 N–H and O–H groups in total. The molecule has 3 rings (SSSR count). The van der Waals surface area contributed by atoms with Crippen molar-refractivity contribution >= 4 is 23.2 Å². The lowest BCUT2D eigenvalue weighted by atomic mass is 10.2. The topological polar surface area (TPSA) is 43.9 Å². The number of hydrogen-bond acceptors (Lipinski definition) is 4. The van der Waals surface area contributed by atoms with Crippen LogP contribution in [0.2, 0.25) is 0 Å². The Morgan fingerprint density at radius 1 is 1.07 bits per heavy atom. The highest BCUT2D eigenvalue weighted by Gasteiger charge is 2.22. The normalized spacial score (nSPS) is 14.1. The summed E-state index contributed by atoms with van der Waals surface area (Å²) in [4.78, 5) is 32.2. The molecule has 1 fully saturated rings. The summed E-state index contributed by atoms with van der Waals surface area (Å²) in [5.74, 6) is -0.476. The van der Waals surface area contributed by atoms with E-state index in [0.29, 0.717) is 19.6 Å². The smallest absolute Gasteiger partial charge is 0.242 e. The van der Waals surface area contributed by atoms with Crippen molar-refractivity contribution in [2.75, 3.05) is 32.7 Å². The SMILES string of the molecule is CC(=O)N(CCN1CCCC1)CC(=O)N(Cc1ccc(F)cc1)Cc1sccc1C. The number of halogens is 1. The number of hydrogen-bond donors (Lipinski definition) is 0. The van der Waals surface area contributed by atoms with Gasteiger partial charge in [-0.15, -0.1) is 11.3 Å². The highest BCUT2D eigenvalue weighted by atomic mass is 32.1. The molecule has 30 heavy (non-hydrogen) atoms. The minimum absolute atomic E-state index is 0.0643. The largest absolute Gasteiger partial charge is 0.332 e. The Morgan fingerprint density at radius 3 is 2.37 bits per heavy atom. The van der Waals surface area contributed by atoms with Gasteiger partial charge in [0.25, 0.3) is 0 Å². The first-order valence-corrected chi connectivity index (χ1v) is 11.3. The van der Waals surface area contributed by atoms with E-state index in [1.165, 1.54) is 31.9 Å². The molecule has 7 heteroatoms. The summed E-state index contributed by atoms with van der Waals surface area (Å²) in [5, 5.41) is 2.02. The number of rotatable bonds is 9. The molecule has 1 aliphatic heterocycles. The standard InChI is InChI=1S/C23H30FN3O2S/c1-18-9-14-30-22(18)16-27(15-20-5-7-21(24)8-6-20)23(29)17-26(19(2)28)13-12-25-10-3-4-11-25/h5-9,14H,3-4,10-13,15-17H2,1-2H3. The van der Waals surface area contributed by atoms with E-state index in [1.807, 2.05) is 18.4 Å². The monoisotopic (exact) mass is 431 g/mol. The van der Waals surface area contributed by atoms with Gasteiger partial charge in [0.05, 0.1) is 13.1 Å². The molecule has 0 unspecified atom stereocenters. The zero-order valence-electron chi connectivity index (χ0n) is 17.8. The Kier molecular flexibility index (Phi) is 7.99. The molecule has 2 amide bonds. The van der Waals surface area contributed by atoms with Crippen molar-refractivity contribution in [3.05, 3.63) is 57.5 Å². The van der Waals surface area contributed by atoms with Crippen LogP contribution in [0, 0.1) is 12.7 Å². The van der Waals surface area contributed by atoms with Crippen molar-refractivity contribution in [3.8, 4) is 0 Å². The van der Waals surface area contributed by atoms with Crippen molar-refractivity contribution in [2.45, 2.75) is 39.8 Å². The van der Waals surface area contributed by atoms with Gasteiger partial charge in [-0.3, -0.25) is 9.59 Å². The van der Waals surface area contributed by atoms with Gasteiger partial charge in [-0.25, -0.2) is 4.39 Å². The highest BCUT2D eigenvalue weighted by Crippen LogP contribution is 2.20. The van der Waals surface area contributed by atoms with Gasteiger partial charge in [-0.1, -0.05) is 12.1 Å². The van der Waals surface area contributed by atoms with E-state index in [-0.39, 0.29) is 24.2 Å². The molecule has 0 bridgehead atoms. The van der Waals surface area contributed by atoms with Crippen LogP contribution in [0.25, 0.3) is 0 Å². The Hall–Kier alpha value is -2.25. The number of aryl methyl sites for hydroxylation is 1. The van der Waals surface area contributed by atoms with Crippen molar-refractivity contribution in [3.63, 3.8) is 0 Å². The maximum atomic E-state index is 13.3. The molecule has 0 spiro atoms. The van der Waals surface area contributed by atoms with Gasteiger partial charge in [0.15, 0.2) is 0 Å². The molecule has 0 aliphatic carbocycles. The van der Waals surface area contributed by atoms with Crippen LogP contribution in [0.3, 0.4) is 0 Å². The van der Waals surface area contributed by atoms with Crippen LogP contribution >= 0.6 is 11.3 Å². The summed E-state index contributed by atoms with van der Waals surface area (Å²) in [6.07, 6.45) is 2.40. The van der Waals surface area contributed by atoms with E-state index >= 15 is 0 Å². The molecule has 2 heterocycles. The Morgan fingerprint density at radius 2 is 1.77 bits per heavy atom. The second-order valence-corrected chi connectivity index (χ2v) is 8.89. The van der Waals surface area contributed by atoms with Gasteiger partial charge in [-0.2, -0.15) is 0 Å². The van der Waals surface area contributed by atoms with Gasteiger partial charge in [-0.05, 0) is 67.6 Å². The molecular weight excluding hydrogens is 401 g/mol. The number of carbonyl (C=O) groups is 2. The lowest BCUT2D eigenvalue weighted by Gasteiger charge is -2.28. The van der Waals surface area contributed by atoms with Gasteiger partial charge in [0.2, 0.25) is 11.8 Å². The summed E-state index contributed by atoms with van der Waals surface area (Å²) in [5.41, 5.74) is 2.01. The van der Waals surface area contributed by atoms with Crippen molar-refractivity contribution in [1.29, 1.82) is 0 Å². The molecule has 5 nitrogen and oxygen atoms in total. The Balaban J connectivity index is 1.69. The Labute approximate surface area is 182 Å². The average Bonchev–Trinajstić information content (AvgIpc) is 3.38. The number of nitrogens with zero attached hydrogens (tertiary/aromatic N) is 3. The number of benzene rings is 1. The van der Waals surface area contributed by atoms with Crippen LogP contribution in [0.4, 0.5) is 4.39 Å². The first-order valence-electron chi connectivity index (χ1n) is 10.5. The molecule has 1 aromatic carbocycles. The van der Waals surface area contributed by atoms with E-state index in [4.69, 9.17) is 0 Å². The first-order chi connectivity index (χ1) is 14.4. The Bertz CT molecular complexity index is 846. The second-order valence-electron chi connectivity index (χ2n) is 7.89. The number of likely N-dealkylation sites (tertiary alicyclic amines) is 1. The number of thiophene rings is 1. The van der Waals surface area contributed by atoms with E-state index < -0.39 is 0 Å². The van der Waals surface area contributed by atoms with Gasteiger partial charge < -0.3 is 14.7 Å². The summed E-state index contributed by atoms with van der Waals surface area (Å²) in [6.45, 7) is 7.97. The van der Waals surface area contributed by atoms with Gasteiger partial charge in [0.1, 0.15) is 5.82 Å². The summed E-state index contributed by atoms with van der Waals surface area (Å²) in [7, 11) is 0. The van der Waals surface area contributed by atoms with Crippen molar-refractivity contribution in [2.24, 2.45) is 0 Å². The predicted molar refractivity (Wildman–Crippen MR) is 118 cm³/mol. The van der Waals surface area contributed by atoms with E-state index in [0.717, 1.165) is 35.6 Å². The van der Waals surface area contributed by atoms with Crippen LogP contribution in [0.5, 0.6) is 0 Å². The third-order valence-electron chi connectivity index (χ3n) is 5.60. The maximum absolute atomic E-state index is 13.3. The number of amides is 2. The molecule has 2 aromatic rings. The third-order valence-corrected chi connectivity index (χ3v) is 6.61. The van der Waals surface area contributed by atoms with E-state index in [9.17, 15) is 14.0 Å². The van der Waals surface area contributed by atoms with E-state index in [2.05, 4.69) is 4.90 Å². The van der Waals surface area contributed by atoms with Crippen LogP contribution in [-0.2, 0) is 22.7 Å². The minimum Gasteiger partial charge on any atom is -0.332 e. The van der Waals surface area contributed by atoms with Crippen molar-refractivity contribution in [1.82, 2.24) is 14.7 Å². The van der Waals surface area contributed by atoms with Crippen LogP contribution < -0.4 is 0 Å². The zero-order valence-corrected chi connectivity index (χ0v) is 18.6. The van der Waals surface area contributed by atoms with E-state index in [1.54, 1.807) is 33.3 Å².